The van der Waals surface area contributed by atoms with E-state index in [0.29, 0.717) is 19.3 Å². The monoisotopic (exact) mass is 468 g/mol. The smallest absolute Gasteiger partial charge is 0.311 e. The van der Waals surface area contributed by atoms with Crippen LogP contribution in [0.2, 0.25) is 0 Å². The summed E-state index contributed by atoms with van der Waals surface area (Å²) in [4.78, 5) is 44.4. The Morgan fingerprint density at radius 1 is 0.765 bits per heavy atom. The number of aryl methyl sites for hydroxylation is 5. The Morgan fingerprint density at radius 2 is 1.18 bits per heavy atom. The predicted molar refractivity (Wildman–Crippen MR) is 132 cm³/mol. The summed E-state index contributed by atoms with van der Waals surface area (Å²) in [6.07, 6.45) is 3.36. The Labute approximate surface area is 202 Å². The zero-order valence-corrected chi connectivity index (χ0v) is 21.5. The van der Waals surface area contributed by atoms with Gasteiger partial charge in [0.25, 0.3) is 0 Å². The molecule has 0 fully saturated rings. The van der Waals surface area contributed by atoms with Gasteiger partial charge in [-0.25, -0.2) is 0 Å². The van der Waals surface area contributed by atoms with Crippen molar-refractivity contribution in [3.8, 4) is 0 Å². The molecule has 2 aromatic carbocycles. The van der Waals surface area contributed by atoms with Crippen molar-refractivity contribution in [3.05, 3.63) is 68.8 Å². The minimum absolute atomic E-state index is 0.213. The summed E-state index contributed by atoms with van der Waals surface area (Å²) in [7, 11) is 2.78. The Bertz CT molecular complexity index is 1000. The van der Waals surface area contributed by atoms with E-state index >= 15 is 0 Å². The van der Waals surface area contributed by atoms with E-state index < -0.39 is 5.41 Å². The first kappa shape index (κ1) is 28.8. The van der Waals surface area contributed by atoms with Crippen molar-refractivity contribution in [3.63, 3.8) is 0 Å². The molecule has 2 aromatic rings. The van der Waals surface area contributed by atoms with Crippen LogP contribution in [-0.4, -0.2) is 38.7 Å². The normalized spacial score (nSPS) is 10.6. The molecule has 6 heteroatoms. The Balaban J connectivity index is 0.000000342. The molecule has 0 aliphatic heterocycles. The van der Waals surface area contributed by atoms with Crippen molar-refractivity contribution in [1.82, 2.24) is 0 Å². The molecule has 0 radical (unpaired) electrons. The number of benzene rings is 2. The van der Waals surface area contributed by atoms with Gasteiger partial charge in [0.15, 0.2) is 12.6 Å². The minimum Gasteiger partial charge on any atom is -0.469 e. The van der Waals surface area contributed by atoms with E-state index in [-0.39, 0.29) is 11.9 Å². The first-order chi connectivity index (χ1) is 15.9. The number of esters is 2. The molecule has 0 aliphatic carbocycles. The third kappa shape index (κ3) is 7.94. The maximum Gasteiger partial charge on any atom is 0.311 e. The van der Waals surface area contributed by atoms with E-state index in [0.717, 1.165) is 57.1 Å². The van der Waals surface area contributed by atoms with Crippen molar-refractivity contribution in [1.29, 1.82) is 0 Å². The summed E-state index contributed by atoms with van der Waals surface area (Å²) in [6.45, 7) is 11.3. The lowest BCUT2D eigenvalue weighted by atomic mass is 9.84. The van der Waals surface area contributed by atoms with Gasteiger partial charge in [0.1, 0.15) is 0 Å². The molecular formula is C28H36O6. The molecule has 0 heterocycles. The molecule has 34 heavy (non-hydrogen) atoms. The van der Waals surface area contributed by atoms with Crippen LogP contribution in [0.4, 0.5) is 0 Å². The van der Waals surface area contributed by atoms with E-state index in [2.05, 4.69) is 4.74 Å². The fourth-order valence-corrected chi connectivity index (χ4v) is 3.95. The van der Waals surface area contributed by atoms with Gasteiger partial charge in [0.2, 0.25) is 0 Å². The van der Waals surface area contributed by atoms with Gasteiger partial charge < -0.3 is 9.47 Å². The van der Waals surface area contributed by atoms with Crippen molar-refractivity contribution in [2.24, 2.45) is 5.41 Å². The lowest BCUT2D eigenvalue weighted by molar-refractivity contribution is -0.150. The van der Waals surface area contributed by atoms with Gasteiger partial charge in [-0.05, 0) is 87.8 Å². The molecule has 6 nitrogen and oxygen atoms in total. The van der Waals surface area contributed by atoms with Crippen LogP contribution in [0.25, 0.3) is 0 Å². The van der Waals surface area contributed by atoms with Crippen LogP contribution in [-0.2, 0) is 31.9 Å². The Morgan fingerprint density at radius 3 is 1.53 bits per heavy atom. The van der Waals surface area contributed by atoms with Crippen LogP contribution in [0.3, 0.4) is 0 Å². The van der Waals surface area contributed by atoms with Crippen molar-refractivity contribution < 1.29 is 28.7 Å². The summed E-state index contributed by atoms with van der Waals surface area (Å²) in [5.74, 6) is -0.438. The number of rotatable bonds is 8. The standard InChI is InChI=1S/C15H20O3.C13H16O3/c1-10-6-12(7-11(2)13(10)9-16)8-15(3,4)14(17)18-5;1-9-6-11(4-5-13(15)16-3)7-10(2)12(9)8-14/h6-7,9H,8H2,1-5H3;6-8H,4-5H2,1-3H3. The summed E-state index contributed by atoms with van der Waals surface area (Å²) in [5, 5.41) is 0. The third-order valence-electron chi connectivity index (χ3n) is 5.77. The van der Waals surface area contributed by atoms with Crippen molar-refractivity contribution in [2.45, 2.75) is 60.8 Å². The van der Waals surface area contributed by atoms with E-state index in [1.807, 2.05) is 65.8 Å². The quantitative estimate of drug-likeness (QED) is 0.397. The Hall–Kier alpha value is -3.28. The van der Waals surface area contributed by atoms with Crippen LogP contribution in [0.15, 0.2) is 24.3 Å². The van der Waals surface area contributed by atoms with E-state index in [4.69, 9.17) is 4.74 Å². The molecule has 0 unspecified atom stereocenters. The zero-order chi connectivity index (χ0) is 26.1. The summed E-state index contributed by atoms with van der Waals surface area (Å²) >= 11 is 0. The average Bonchev–Trinajstić information content (AvgIpc) is 2.76. The first-order valence-electron chi connectivity index (χ1n) is 11.2. The molecule has 0 aliphatic rings. The van der Waals surface area contributed by atoms with Gasteiger partial charge in [0.05, 0.1) is 19.6 Å². The van der Waals surface area contributed by atoms with Crippen LogP contribution < -0.4 is 0 Å². The fourth-order valence-electron chi connectivity index (χ4n) is 3.95. The van der Waals surface area contributed by atoms with Gasteiger partial charge in [-0.1, -0.05) is 24.3 Å². The third-order valence-corrected chi connectivity index (χ3v) is 5.77. The number of hydrogen-bond acceptors (Lipinski definition) is 6. The highest BCUT2D eigenvalue weighted by molar-refractivity contribution is 5.80. The van der Waals surface area contributed by atoms with Crippen LogP contribution in [0.1, 0.15) is 74.4 Å². The number of ether oxygens (including phenoxy) is 2. The number of carbonyl (C=O) groups excluding carboxylic acids is 4. The van der Waals surface area contributed by atoms with Gasteiger partial charge in [-0.3, -0.25) is 19.2 Å². The largest absolute Gasteiger partial charge is 0.469 e. The van der Waals surface area contributed by atoms with Gasteiger partial charge >= 0.3 is 11.9 Å². The van der Waals surface area contributed by atoms with E-state index in [1.165, 1.54) is 14.2 Å². The summed E-state index contributed by atoms with van der Waals surface area (Å²) in [5.41, 5.74) is 6.82. The molecule has 0 saturated carbocycles. The zero-order valence-electron chi connectivity index (χ0n) is 21.5. The number of carbonyl (C=O) groups is 4. The van der Waals surface area contributed by atoms with E-state index in [1.54, 1.807) is 0 Å². The second kappa shape index (κ2) is 12.8. The summed E-state index contributed by atoms with van der Waals surface area (Å²) in [6, 6.07) is 7.81. The molecule has 0 atom stereocenters. The molecule has 0 spiro atoms. The highest BCUT2D eigenvalue weighted by Crippen LogP contribution is 2.26. The molecular weight excluding hydrogens is 432 g/mol. The molecule has 184 valence electrons. The maximum atomic E-state index is 11.7. The second-order valence-corrected chi connectivity index (χ2v) is 9.15. The number of hydrogen-bond donors (Lipinski definition) is 0. The highest BCUT2D eigenvalue weighted by atomic mass is 16.5. The highest BCUT2D eigenvalue weighted by Gasteiger charge is 2.29. The molecule has 0 aromatic heterocycles. The fraction of sp³-hybridized carbons (Fsp3) is 0.429. The maximum absolute atomic E-state index is 11.7. The molecule has 0 bridgehead atoms. The number of methoxy groups -OCH3 is 2. The van der Waals surface area contributed by atoms with Crippen molar-refractivity contribution in [2.75, 3.05) is 14.2 Å². The second-order valence-electron chi connectivity index (χ2n) is 9.15. The minimum atomic E-state index is -0.559. The van der Waals surface area contributed by atoms with Crippen LogP contribution in [0.5, 0.6) is 0 Å². The molecule has 0 N–H and O–H groups in total. The van der Waals surface area contributed by atoms with E-state index in [9.17, 15) is 19.2 Å². The Kier molecular flexibility index (Phi) is 10.8. The van der Waals surface area contributed by atoms with Gasteiger partial charge in [-0.15, -0.1) is 0 Å². The summed E-state index contributed by atoms with van der Waals surface area (Å²) < 4.78 is 9.38. The number of aldehydes is 2. The average molecular weight is 469 g/mol. The van der Waals surface area contributed by atoms with Crippen LogP contribution >= 0.6 is 0 Å². The lowest BCUT2D eigenvalue weighted by Gasteiger charge is -2.22. The predicted octanol–water partition coefficient (Wildman–Crippen LogP) is 5.08. The molecule has 0 amide bonds. The van der Waals surface area contributed by atoms with Crippen molar-refractivity contribution >= 4 is 24.5 Å². The van der Waals surface area contributed by atoms with Gasteiger partial charge in [0, 0.05) is 17.5 Å². The molecule has 2 rings (SSSR count). The topological polar surface area (TPSA) is 86.7 Å². The first-order valence-corrected chi connectivity index (χ1v) is 11.2. The van der Waals surface area contributed by atoms with Crippen LogP contribution in [0, 0.1) is 33.1 Å². The SMILES string of the molecule is COC(=O)C(C)(C)Cc1cc(C)c(C=O)c(C)c1.COC(=O)CCc1cc(C)c(C=O)c(C)c1. The molecule has 0 saturated heterocycles. The van der Waals surface area contributed by atoms with Gasteiger partial charge in [-0.2, -0.15) is 0 Å². The lowest BCUT2D eigenvalue weighted by Crippen LogP contribution is -2.28.